The Morgan fingerprint density at radius 1 is 1.16 bits per heavy atom. The van der Waals surface area contributed by atoms with Crippen LogP contribution in [-0.2, 0) is 0 Å². The Morgan fingerprint density at radius 3 is 2.53 bits per heavy atom. The third-order valence-corrected chi connectivity index (χ3v) is 4.24. The summed E-state index contributed by atoms with van der Waals surface area (Å²) in [5, 5.41) is 13.5. The summed E-state index contributed by atoms with van der Waals surface area (Å²) < 4.78 is 1.86. The Bertz CT molecular complexity index is 577. The van der Waals surface area contributed by atoms with Crippen LogP contribution >= 0.6 is 43.5 Å². The fourth-order valence-corrected chi connectivity index (χ4v) is 2.98. The Balaban J connectivity index is 2.28. The van der Waals surface area contributed by atoms with Crippen molar-refractivity contribution in [1.29, 1.82) is 0 Å². The topological polar surface area (TPSA) is 32.3 Å². The Labute approximate surface area is 134 Å². The molecule has 2 rings (SSSR count). The molecule has 0 spiro atoms. The molecule has 0 saturated heterocycles. The molecule has 1 unspecified atom stereocenters. The highest BCUT2D eigenvalue weighted by atomic mass is 79.9. The molecule has 0 aromatic heterocycles. The largest absolute Gasteiger partial charge is 0.394 e. The molecule has 2 aromatic rings. The van der Waals surface area contributed by atoms with Gasteiger partial charge >= 0.3 is 0 Å². The van der Waals surface area contributed by atoms with E-state index in [0.717, 1.165) is 20.2 Å². The van der Waals surface area contributed by atoms with Gasteiger partial charge in [0.05, 0.1) is 12.6 Å². The molecular weight excluding hydrogens is 393 g/mol. The molecule has 100 valence electrons. The maximum Gasteiger partial charge on any atom is 0.0759 e. The van der Waals surface area contributed by atoms with E-state index in [0.29, 0.717) is 5.02 Å². The predicted molar refractivity (Wildman–Crippen MR) is 86.7 cm³/mol. The number of rotatable bonds is 4. The molecule has 0 radical (unpaired) electrons. The van der Waals surface area contributed by atoms with Crippen LogP contribution in [0.2, 0.25) is 5.02 Å². The Kier molecular flexibility index (Phi) is 5.28. The second-order valence-corrected chi connectivity index (χ2v) is 6.20. The average Bonchev–Trinajstić information content (AvgIpc) is 2.39. The second-order valence-electron chi connectivity index (χ2n) is 4.03. The van der Waals surface area contributed by atoms with Crippen molar-refractivity contribution < 1.29 is 5.11 Å². The van der Waals surface area contributed by atoms with Gasteiger partial charge in [0.1, 0.15) is 0 Å². The smallest absolute Gasteiger partial charge is 0.0759 e. The minimum atomic E-state index is -0.251. The summed E-state index contributed by atoms with van der Waals surface area (Å²) in [6, 6.07) is 13.1. The van der Waals surface area contributed by atoms with Crippen LogP contribution in [0.5, 0.6) is 0 Å². The normalized spacial score (nSPS) is 12.2. The van der Waals surface area contributed by atoms with Crippen molar-refractivity contribution in [3.05, 3.63) is 62.0 Å². The van der Waals surface area contributed by atoms with Crippen molar-refractivity contribution in [2.24, 2.45) is 0 Å². The van der Waals surface area contributed by atoms with Crippen molar-refractivity contribution in [3.8, 4) is 0 Å². The first-order valence-corrected chi connectivity index (χ1v) is 7.65. The molecule has 0 amide bonds. The molecule has 0 fully saturated rings. The molecule has 2 nitrogen and oxygen atoms in total. The van der Waals surface area contributed by atoms with Gasteiger partial charge in [-0.3, -0.25) is 0 Å². The van der Waals surface area contributed by atoms with Crippen LogP contribution in [0.15, 0.2) is 51.4 Å². The summed E-state index contributed by atoms with van der Waals surface area (Å²) >= 11 is 13.1. The Morgan fingerprint density at radius 2 is 1.89 bits per heavy atom. The van der Waals surface area contributed by atoms with Crippen LogP contribution in [0.4, 0.5) is 5.69 Å². The van der Waals surface area contributed by atoms with E-state index in [9.17, 15) is 5.11 Å². The van der Waals surface area contributed by atoms with Gasteiger partial charge in [-0.15, -0.1) is 0 Å². The SMILES string of the molecule is OCC(Nc1ccccc1Br)c1ccc(Br)cc1Cl. The maximum atomic E-state index is 9.58. The van der Waals surface area contributed by atoms with E-state index >= 15 is 0 Å². The van der Waals surface area contributed by atoms with Crippen LogP contribution in [0.1, 0.15) is 11.6 Å². The zero-order chi connectivity index (χ0) is 13.8. The van der Waals surface area contributed by atoms with Gasteiger partial charge in [0, 0.05) is 19.7 Å². The van der Waals surface area contributed by atoms with Crippen molar-refractivity contribution in [3.63, 3.8) is 0 Å². The number of anilines is 1. The Hall–Kier alpha value is -0.550. The fraction of sp³-hybridized carbons (Fsp3) is 0.143. The summed E-state index contributed by atoms with van der Waals surface area (Å²) in [4.78, 5) is 0. The lowest BCUT2D eigenvalue weighted by atomic mass is 10.1. The van der Waals surface area contributed by atoms with Crippen LogP contribution in [0, 0.1) is 0 Å². The highest BCUT2D eigenvalue weighted by Gasteiger charge is 2.15. The maximum absolute atomic E-state index is 9.58. The fourth-order valence-electron chi connectivity index (χ4n) is 1.77. The van der Waals surface area contributed by atoms with E-state index in [1.54, 1.807) is 0 Å². The molecule has 0 saturated carbocycles. The van der Waals surface area contributed by atoms with Gasteiger partial charge in [0.15, 0.2) is 0 Å². The first-order chi connectivity index (χ1) is 9.11. The van der Waals surface area contributed by atoms with Crippen molar-refractivity contribution in [2.45, 2.75) is 6.04 Å². The van der Waals surface area contributed by atoms with Crippen molar-refractivity contribution in [1.82, 2.24) is 0 Å². The predicted octanol–water partition coefficient (Wildman–Crippen LogP) is 5.01. The summed E-state index contributed by atoms with van der Waals surface area (Å²) in [6.07, 6.45) is 0. The first kappa shape index (κ1) is 14.9. The lowest BCUT2D eigenvalue weighted by Crippen LogP contribution is -2.15. The zero-order valence-electron chi connectivity index (χ0n) is 9.91. The molecule has 0 aliphatic carbocycles. The quantitative estimate of drug-likeness (QED) is 0.749. The molecule has 0 bridgehead atoms. The molecule has 0 aliphatic heterocycles. The number of nitrogens with one attached hydrogen (secondary N) is 1. The molecule has 2 aromatic carbocycles. The number of hydrogen-bond acceptors (Lipinski definition) is 2. The zero-order valence-corrected chi connectivity index (χ0v) is 13.8. The lowest BCUT2D eigenvalue weighted by molar-refractivity contribution is 0.276. The molecule has 2 N–H and O–H groups in total. The molecule has 19 heavy (non-hydrogen) atoms. The number of hydrogen-bond donors (Lipinski definition) is 2. The van der Waals surface area contributed by atoms with Gasteiger partial charge in [-0.2, -0.15) is 0 Å². The summed E-state index contributed by atoms with van der Waals surface area (Å²) in [6.45, 7) is -0.0390. The van der Waals surface area contributed by atoms with Gasteiger partial charge in [0.25, 0.3) is 0 Å². The van der Waals surface area contributed by atoms with Crippen LogP contribution in [-0.4, -0.2) is 11.7 Å². The van der Waals surface area contributed by atoms with Crippen molar-refractivity contribution >= 4 is 49.1 Å². The van der Waals surface area contributed by atoms with E-state index in [4.69, 9.17) is 11.6 Å². The number of aliphatic hydroxyl groups excluding tert-OH is 1. The molecule has 0 heterocycles. The average molecular weight is 406 g/mol. The first-order valence-electron chi connectivity index (χ1n) is 5.68. The minimum Gasteiger partial charge on any atom is -0.394 e. The van der Waals surface area contributed by atoms with E-state index < -0.39 is 0 Å². The summed E-state index contributed by atoms with van der Waals surface area (Å²) in [7, 11) is 0. The molecular formula is C14H12Br2ClNO. The highest BCUT2D eigenvalue weighted by molar-refractivity contribution is 9.10. The van der Waals surface area contributed by atoms with Gasteiger partial charge < -0.3 is 10.4 Å². The lowest BCUT2D eigenvalue weighted by Gasteiger charge is -2.20. The molecule has 1 atom stereocenters. The summed E-state index contributed by atoms with van der Waals surface area (Å²) in [5.74, 6) is 0. The van der Waals surface area contributed by atoms with Gasteiger partial charge in [-0.1, -0.05) is 45.7 Å². The van der Waals surface area contributed by atoms with E-state index in [1.165, 1.54) is 0 Å². The van der Waals surface area contributed by atoms with E-state index in [1.807, 2.05) is 42.5 Å². The molecule has 5 heteroatoms. The number of halogens is 3. The van der Waals surface area contributed by atoms with E-state index in [-0.39, 0.29) is 12.6 Å². The van der Waals surface area contributed by atoms with Gasteiger partial charge in [0.2, 0.25) is 0 Å². The van der Waals surface area contributed by atoms with Crippen LogP contribution < -0.4 is 5.32 Å². The minimum absolute atomic E-state index is 0.0390. The second kappa shape index (κ2) is 6.75. The number of benzene rings is 2. The van der Waals surface area contributed by atoms with Gasteiger partial charge in [-0.25, -0.2) is 0 Å². The standard InChI is InChI=1S/C14H12Br2ClNO/c15-9-5-6-10(12(17)7-9)14(8-19)18-13-4-2-1-3-11(13)16/h1-7,14,18-19H,8H2. The van der Waals surface area contributed by atoms with Crippen LogP contribution in [0.25, 0.3) is 0 Å². The monoisotopic (exact) mass is 403 g/mol. The third kappa shape index (κ3) is 3.72. The summed E-state index contributed by atoms with van der Waals surface area (Å²) in [5.41, 5.74) is 1.78. The van der Waals surface area contributed by atoms with Crippen LogP contribution in [0.3, 0.4) is 0 Å². The number of aliphatic hydroxyl groups is 1. The highest BCUT2D eigenvalue weighted by Crippen LogP contribution is 2.31. The number of para-hydroxylation sites is 1. The molecule has 0 aliphatic rings. The van der Waals surface area contributed by atoms with E-state index in [2.05, 4.69) is 37.2 Å². The van der Waals surface area contributed by atoms with Crippen molar-refractivity contribution in [2.75, 3.05) is 11.9 Å². The third-order valence-electron chi connectivity index (χ3n) is 2.72. The van der Waals surface area contributed by atoms with Gasteiger partial charge in [-0.05, 0) is 45.8 Å².